The summed E-state index contributed by atoms with van der Waals surface area (Å²) in [6.07, 6.45) is -0.301. The van der Waals surface area contributed by atoms with E-state index in [-0.39, 0.29) is 10.6 Å². The molecule has 0 saturated carbocycles. The van der Waals surface area contributed by atoms with Crippen molar-refractivity contribution in [3.8, 4) is 0 Å². The first-order chi connectivity index (χ1) is 6.52. The van der Waals surface area contributed by atoms with Crippen LogP contribution >= 0.6 is 11.6 Å². The van der Waals surface area contributed by atoms with Gasteiger partial charge in [-0.05, 0) is 24.5 Å². The Balaban J connectivity index is 2.94. The van der Waals surface area contributed by atoms with Crippen molar-refractivity contribution in [3.63, 3.8) is 0 Å². The average Bonchev–Trinajstić information content (AvgIpc) is 2.01. The molecule has 78 valence electrons. The van der Waals surface area contributed by atoms with Gasteiger partial charge in [-0.2, -0.15) is 0 Å². The summed E-state index contributed by atoms with van der Waals surface area (Å²) < 4.78 is 13.3. The summed E-state index contributed by atoms with van der Waals surface area (Å²) in [5, 5.41) is 10.0. The van der Waals surface area contributed by atoms with E-state index in [1.54, 1.807) is 6.07 Å². The van der Waals surface area contributed by atoms with Crippen LogP contribution in [0.2, 0.25) is 5.02 Å². The highest BCUT2D eigenvalue weighted by atomic mass is 35.5. The number of halogens is 2. The molecule has 1 aromatic rings. The SMILES string of the molecule is CC(C)CC(O)c1c(F)cccc1Cl. The van der Waals surface area contributed by atoms with Gasteiger partial charge in [-0.1, -0.05) is 31.5 Å². The van der Waals surface area contributed by atoms with E-state index < -0.39 is 11.9 Å². The molecule has 0 spiro atoms. The predicted octanol–water partition coefficient (Wildman–Crippen LogP) is 3.56. The molecule has 0 saturated heterocycles. The minimum absolute atomic E-state index is 0.211. The van der Waals surface area contributed by atoms with Crippen molar-refractivity contribution >= 4 is 11.6 Å². The third-order valence-corrected chi connectivity index (χ3v) is 2.36. The second-order valence-corrected chi connectivity index (χ2v) is 4.19. The topological polar surface area (TPSA) is 20.2 Å². The Kier molecular flexibility index (Phi) is 3.90. The highest BCUT2D eigenvalue weighted by molar-refractivity contribution is 6.31. The summed E-state index contributed by atoms with van der Waals surface area (Å²) >= 11 is 5.81. The molecule has 0 fully saturated rings. The number of hydrogen-bond acceptors (Lipinski definition) is 1. The van der Waals surface area contributed by atoms with Crippen LogP contribution in [0.15, 0.2) is 18.2 Å². The highest BCUT2D eigenvalue weighted by Crippen LogP contribution is 2.29. The molecule has 0 aliphatic rings. The van der Waals surface area contributed by atoms with Crippen molar-refractivity contribution in [1.29, 1.82) is 0 Å². The summed E-state index contributed by atoms with van der Waals surface area (Å²) in [5.41, 5.74) is 0.211. The van der Waals surface area contributed by atoms with Crippen molar-refractivity contribution in [2.75, 3.05) is 0 Å². The van der Waals surface area contributed by atoms with Crippen molar-refractivity contribution in [1.82, 2.24) is 0 Å². The first-order valence-electron chi connectivity index (χ1n) is 4.64. The van der Waals surface area contributed by atoms with Crippen LogP contribution in [0.5, 0.6) is 0 Å². The summed E-state index contributed by atoms with van der Waals surface area (Å²) in [6, 6.07) is 4.43. The molecule has 0 bridgehead atoms. The minimum Gasteiger partial charge on any atom is -0.388 e. The number of hydrogen-bond donors (Lipinski definition) is 1. The van der Waals surface area contributed by atoms with Gasteiger partial charge >= 0.3 is 0 Å². The second kappa shape index (κ2) is 4.76. The van der Waals surface area contributed by atoms with Crippen molar-refractivity contribution in [2.24, 2.45) is 5.92 Å². The van der Waals surface area contributed by atoms with Gasteiger partial charge in [-0.25, -0.2) is 4.39 Å². The zero-order valence-electron chi connectivity index (χ0n) is 8.30. The maximum Gasteiger partial charge on any atom is 0.130 e. The molecule has 0 aliphatic heterocycles. The lowest BCUT2D eigenvalue weighted by atomic mass is 9.99. The number of benzene rings is 1. The first-order valence-corrected chi connectivity index (χ1v) is 5.02. The van der Waals surface area contributed by atoms with Crippen LogP contribution in [0.3, 0.4) is 0 Å². The number of rotatable bonds is 3. The van der Waals surface area contributed by atoms with E-state index in [2.05, 4.69) is 0 Å². The molecule has 0 heterocycles. The Morgan fingerprint density at radius 2 is 2.07 bits per heavy atom. The molecule has 3 heteroatoms. The molecule has 0 amide bonds. The highest BCUT2D eigenvalue weighted by Gasteiger charge is 2.17. The van der Waals surface area contributed by atoms with Crippen LogP contribution in [0, 0.1) is 11.7 Å². The monoisotopic (exact) mass is 216 g/mol. The number of aliphatic hydroxyl groups is 1. The largest absolute Gasteiger partial charge is 0.388 e. The molecule has 1 rings (SSSR count). The fourth-order valence-electron chi connectivity index (χ4n) is 1.39. The van der Waals surface area contributed by atoms with Crippen LogP contribution in [-0.2, 0) is 0 Å². The van der Waals surface area contributed by atoms with Crippen LogP contribution in [0.1, 0.15) is 31.9 Å². The maximum absolute atomic E-state index is 13.3. The van der Waals surface area contributed by atoms with Gasteiger partial charge < -0.3 is 5.11 Å². The van der Waals surface area contributed by atoms with Gasteiger partial charge in [-0.15, -0.1) is 0 Å². The molecule has 1 aromatic carbocycles. The average molecular weight is 217 g/mol. The van der Waals surface area contributed by atoms with Gasteiger partial charge in [0.05, 0.1) is 6.10 Å². The lowest BCUT2D eigenvalue weighted by Crippen LogP contribution is -2.05. The van der Waals surface area contributed by atoms with Crippen LogP contribution < -0.4 is 0 Å². The summed E-state index contributed by atoms with van der Waals surface area (Å²) in [5.74, 6) is -0.133. The zero-order chi connectivity index (χ0) is 10.7. The Hall–Kier alpha value is -0.600. The fraction of sp³-hybridized carbons (Fsp3) is 0.455. The lowest BCUT2D eigenvalue weighted by Gasteiger charge is -2.15. The normalized spacial score (nSPS) is 13.3. The Bertz CT molecular complexity index is 292. The Labute approximate surface area is 88.5 Å². The molecule has 0 aliphatic carbocycles. The van der Waals surface area contributed by atoms with Crippen LogP contribution in [0.25, 0.3) is 0 Å². The summed E-state index contributed by atoms with van der Waals surface area (Å²) in [6.45, 7) is 3.94. The van der Waals surface area contributed by atoms with E-state index in [0.29, 0.717) is 12.3 Å². The van der Waals surface area contributed by atoms with Gasteiger partial charge in [0.1, 0.15) is 5.82 Å². The van der Waals surface area contributed by atoms with E-state index in [1.165, 1.54) is 12.1 Å². The minimum atomic E-state index is -0.816. The molecule has 1 atom stereocenters. The molecule has 1 unspecified atom stereocenters. The predicted molar refractivity (Wildman–Crippen MR) is 55.8 cm³/mol. The quantitative estimate of drug-likeness (QED) is 0.819. The van der Waals surface area contributed by atoms with E-state index in [4.69, 9.17) is 11.6 Å². The van der Waals surface area contributed by atoms with Gasteiger partial charge in [0.15, 0.2) is 0 Å². The van der Waals surface area contributed by atoms with Gasteiger partial charge in [-0.3, -0.25) is 0 Å². The summed E-state index contributed by atoms with van der Waals surface area (Å²) in [7, 11) is 0. The fourth-order valence-corrected chi connectivity index (χ4v) is 1.68. The molecule has 0 radical (unpaired) electrons. The molecule has 0 aromatic heterocycles. The van der Waals surface area contributed by atoms with E-state index in [0.717, 1.165) is 0 Å². The molecular weight excluding hydrogens is 203 g/mol. The van der Waals surface area contributed by atoms with E-state index in [9.17, 15) is 9.50 Å². The Morgan fingerprint density at radius 3 is 2.57 bits per heavy atom. The summed E-state index contributed by atoms with van der Waals surface area (Å²) in [4.78, 5) is 0. The van der Waals surface area contributed by atoms with Crippen molar-refractivity contribution < 1.29 is 9.50 Å². The van der Waals surface area contributed by atoms with Crippen molar-refractivity contribution in [2.45, 2.75) is 26.4 Å². The standard InChI is InChI=1S/C11H14ClFO/c1-7(2)6-10(14)11-8(12)4-3-5-9(11)13/h3-5,7,10,14H,6H2,1-2H3. The molecule has 14 heavy (non-hydrogen) atoms. The van der Waals surface area contributed by atoms with Gasteiger partial charge in [0.2, 0.25) is 0 Å². The molecular formula is C11H14ClFO. The smallest absolute Gasteiger partial charge is 0.130 e. The Morgan fingerprint density at radius 1 is 1.43 bits per heavy atom. The lowest BCUT2D eigenvalue weighted by molar-refractivity contribution is 0.147. The van der Waals surface area contributed by atoms with Crippen LogP contribution in [0.4, 0.5) is 4.39 Å². The van der Waals surface area contributed by atoms with Gasteiger partial charge in [0, 0.05) is 10.6 Å². The maximum atomic E-state index is 13.3. The van der Waals surface area contributed by atoms with E-state index in [1.807, 2.05) is 13.8 Å². The molecule has 1 nitrogen and oxygen atoms in total. The van der Waals surface area contributed by atoms with E-state index >= 15 is 0 Å². The van der Waals surface area contributed by atoms with Crippen LogP contribution in [-0.4, -0.2) is 5.11 Å². The van der Waals surface area contributed by atoms with Gasteiger partial charge in [0.25, 0.3) is 0 Å². The molecule has 1 N–H and O–H groups in total. The number of aliphatic hydroxyl groups excluding tert-OH is 1. The third-order valence-electron chi connectivity index (χ3n) is 2.03. The first kappa shape index (κ1) is 11.5. The zero-order valence-corrected chi connectivity index (χ0v) is 9.05. The third kappa shape index (κ3) is 2.69. The second-order valence-electron chi connectivity index (χ2n) is 3.78. The van der Waals surface area contributed by atoms with Crippen molar-refractivity contribution in [3.05, 3.63) is 34.6 Å².